The third kappa shape index (κ3) is 3.43. The van der Waals surface area contributed by atoms with Crippen LogP contribution in [0.15, 0.2) is 70.2 Å². The van der Waals surface area contributed by atoms with Crippen LogP contribution in [0.5, 0.6) is 5.75 Å². The number of hydrogen-bond donors (Lipinski definition) is 0. The van der Waals surface area contributed by atoms with Crippen molar-refractivity contribution in [2.45, 2.75) is 10.2 Å². The lowest BCUT2D eigenvalue weighted by molar-refractivity contribution is 0.412. The van der Waals surface area contributed by atoms with Crippen LogP contribution in [0.4, 0.5) is 0 Å². The molecule has 0 aliphatic rings. The molecule has 0 aliphatic heterocycles. The highest BCUT2D eigenvalue weighted by atomic mass is 32.2. The van der Waals surface area contributed by atoms with E-state index in [0.717, 1.165) is 22.1 Å². The zero-order valence-corrected chi connectivity index (χ0v) is 15.9. The molecule has 0 radical (unpaired) electrons. The minimum absolute atomic E-state index is 0.363. The molecule has 0 unspecified atom stereocenters. The number of methoxy groups -OCH3 is 1. The Bertz CT molecular complexity index is 1120. The Morgan fingerprint density at radius 2 is 1.96 bits per heavy atom. The van der Waals surface area contributed by atoms with E-state index in [0.29, 0.717) is 15.9 Å². The smallest absolute Gasteiger partial charge is 0.202 e. The van der Waals surface area contributed by atoms with Gasteiger partial charge in [-0.3, -0.25) is 4.57 Å². The first-order valence-electron chi connectivity index (χ1n) is 7.98. The Labute approximate surface area is 164 Å². The predicted molar refractivity (Wildman–Crippen MR) is 104 cm³/mol. The molecule has 1 aromatic carbocycles. The van der Waals surface area contributed by atoms with E-state index >= 15 is 0 Å². The number of nitriles is 1. The first-order chi connectivity index (χ1) is 13.3. The van der Waals surface area contributed by atoms with Crippen molar-refractivity contribution in [2.75, 3.05) is 7.11 Å². The largest absolute Gasteiger partial charge is 0.495 e. The number of hydrogen-bond acceptors (Lipinski definition) is 7. The van der Waals surface area contributed by atoms with E-state index in [2.05, 4.69) is 21.3 Å². The van der Waals surface area contributed by atoms with Crippen molar-refractivity contribution in [3.63, 3.8) is 0 Å². The van der Waals surface area contributed by atoms with Crippen LogP contribution in [-0.4, -0.2) is 26.9 Å². The van der Waals surface area contributed by atoms with Gasteiger partial charge in [0, 0.05) is 0 Å². The van der Waals surface area contributed by atoms with Gasteiger partial charge in [0.05, 0.1) is 17.7 Å². The van der Waals surface area contributed by atoms with Crippen molar-refractivity contribution < 1.29 is 4.74 Å². The molecule has 0 saturated heterocycles. The molecule has 3 heterocycles. The number of ether oxygens (including phenoxy) is 1. The fourth-order valence-electron chi connectivity index (χ4n) is 2.56. The number of pyridine rings is 1. The van der Waals surface area contributed by atoms with Gasteiger partial charge in [-0.25, -0.2) is 4.98 Å². The van der Waals surface area contributed by atoms with Crippen molar-refractivity contribution in [3.05, 3.63) is 65.7 Å². The van der Waals surface area contributed by atoms with Crippen LogP contribution < -0.4 is 4.74 Å². The van der Waals surface area contributed by atoms with E-state index in [1.165, 1.54) is 11.8 Å². The number of rotatable bonds is 5. The summed E-state index contributed by atoms with van der Waals surface area (Å²) in [5.74, 6) is 1.45. The highest BCUT2D eigenvalue weighted by Crippen LogP contribution is 2.35. The molecule has 4 aromatic rings. The maximum Gasteiger partial charge on any atom is 0.202 e. The maximum atomic E-state index is 9.09. The van der Waals surface area contributed by atoms with Crippen molar-refractivity contribution >= 4 is 23.1 Å². The second-order valence-electron chi connectivity index (χ2n) is 5.37. The number of para-hydroxylation sites is 2. The summed E-state index contributed by atoms with van der Waals surface area (Å²) < 4.78 is 7.50. The van der Waals surface area contributed by atoms with Crippen LogP contribution in [0.25, 0.3) is 16.4 Å². The van der Waals surface area contributed by atoms with Crippen molar-refractivity contribution in [2.24, 2.45) is 0 Å². The summed E-state index contributed by atoms with van der Waals surface area (Å²) in [6, 6.07) is 19.1. The fraction of sp³-hybridized carbons (Fsp3) is 0.0526. The predicted octanol–water partition coefficient (Wildman–Crippen LogP) is 4.42. The molecule has 0 aliphatic carbocycles. The van der Waals surface area contributed by atoms with Crippen LogP contribution in [0.2, 0.25) is 0 Å². The number of thiophene rings is 1. The number of aromatic nitrogens is 4. The molecule has 132 valence electrons. The first kappa shape index (κ1) is 17.3. The lowest BCUT2D eigenvalue weighted by atomic mass is 10.3. The number of benzene rings is 1. The summed E-state index contributed by atoms with van der Waals surface area (Å²) in [5.41, 5.74) is 1.20. The Balaban J connectivity index is 1.86. The first-order valence-corrected chi connectivity index (χ1v) is 9.67. The van der Waals surface area contributed by atoms with Gasteiger partial charge >= 0.3 is 0 Å². The number of nitrogens with zero attached hydrogens (tertiary/aromatic N) is 5. The Hall–Kier alpha value is -3.15. The molecule has 6 nitrogen and oxygen atoms in total. The van der Waals surface area contributed by atoms with Gasteiger partial charge in [-0.05, 0) is 47.5 Å². The van der Waals surface area contributed by atoms with Crippen LogP contribution in [-0.2, 0) is 0 Å². The van der Waals surface area contributed by atoms with Crippen LogP contribution in [0.3, 0.4) is 0 Å². The van der Waals surface area contributed by atoms with Gasteiger partial charge in [-0.1, -0.05) is 24.3 Å². The van der Waals surface area contributed by atoms with Gasteiger partial charge in [0.15, 0.2) is 5.82 Å². The lowest BCUT2D eigenvalue weighted by Gasteiger charge is -2.13. The standard InChI is InChI=1S/C19H13N5OS2/c1-25-15-8-3-2-7-14(15)24-18(16-9-5-11-26-16)22-23-19(24)27-17-10-4-6-13(12-20)21-17/h2-11H,1H3. The third-order valence-corrected chi connectivity index (χ3v) is 5.48. The molecule has 0 bridgehead atoms. The molecule has 0 amide bonds. The van der Waals surface area contributed by atoms with Crippen LogP contribution in [0.1, 0.15) is 5.69 Å². The normalized spacial score (nSPS) is 10.5. The average molecular weight is 391 g/mol. The quantitative estimate of drug-likeness (QED) is 0.501. The topological polar surface area (TPSA) is 76.6 Å². The fourth-order valence-corrected chi connectivity index (χ4v) is 4.09. The van der Waals surface area contributed by atoms with E-state index < -0.39 is 0 Å². The van der Waals surface area contributed by atoms with Gasteiger partial charge in [0.1, 0.15) is 22.5 Å². The third-order valence-electron chi connectivity index (χ3n) is 3.73. The van der Waals surface area contributed by atoms with Gasteiger partial charge in [-0.2, -0.15) is 5.26 Å². The van der Waals surface area contributed by atoms with Crippen molar-refractivity contribution in [1.29, 1.82) is 5.26 Å². The second-order valence-corrected chi connectivity index (χ2v) is 7.30. The average Bonchev–Trinajstić information content (AvgIpc) is 3.38. The van der Waals surface area contributed by atoms with Gasteiger partial charge in [0.2, 0.25) is 5.16 Å². The summed E-state index contributed by atoms with van der Waals surface area (Å²) in [5, 5.41) is 21.2. The van der Waals surface area contributed by atoms with Gasteiger partial charge in [0.25, 0.3) is 0 Å². The summed E-state index contributed by atoms with van der Waals surface area (Å²) in [6.07, 6.45) is 0. The Morgan fingerprint density at radius 3 is 2.74 bits per heavy atom. The minimum Gasteiger partial charge on any atom is -0.495 e. The molecule has 0 spiro atoms. The molecule has 8 heteroatoms. The van der Waals surface area contributed by atoms with E-state index in [1.807, 2.05) is 52.4 Å². The molecule has 4 rings (SSSR count). The minimum atomic E-state index is 0.363. The van der Waals surface area contributed by atoms with E-state index in [-0.39, 0.29) is 0 Å². The molecule has 0 N–H and O–H groups in total. The molecule has 27 heavy (non-hydrogen) atoms. The summed E-state index contributed by atoms with van der Waals surface area (Å²) in [4.78, 5) is 5.33. The van der Waals surface area contributed by atoms with Crippen LogP contribution in [0, 0.1) is 11.3 Å². The van der Waals surface area contributed by atoms with Gasteiger partial charge < -0.3 is 4.74 Å². The SMILES string of the molecule is COc1ccccc1-n1c(Sc2cccc(C#N)n2)nnc1-c1cccs1. The molecule has 0 atom stereocenters. The monoisotopic (exact) mass is 391 g/mol. The lowest BCUT2D eigenvalue weighted by Crippen LogP contribution is -2.01. The zero-order chi connectivity index (χ0) is 18.6. The molecular formula is C19H13N5OS2. The Kier molecular flexibility index (Phi) is 4.87. The highest BCUT2D eigenvalue weighted by Gasteiger charge is 2.20. The van der Waals surface area contributed by atoms with Crippen LogP contribution >= 0.6 is 23.1 Å². The van der Waals surface area contributed by atoms with E-state index in [1.54, 1.807) is 30.6 Å². The molecular weight excluding hydrogens is 378 g/mol. The molecule has 3 aromatic heterocycles. The zero-order valence-electron chi connectivity index (χ0n) is 14.2. The Morgan fingerprint density at radius 1 is 1.07 bits per heavy atom. The van der Waals surface area contributed by atoms with E-state index in [4.69, 9.17) is 10.00 Å². The molecule has 0 saturated carbocycles. The summed E-state index contributed by atoms with van der Waals surface area (Å²) >= 11 is 2.94. The van der Waals surface area contributed by atoms with Gasteiger partial charge in [-0.15, -0.1) is 21.5 Å². The molecule has 0 fully saturated rings. The van der Waals surface area contributed by atoms with Crippen molar-refractivity contribution in [1.82, 2.24) is 19.7 Å². The van der Waals surface area contributed by atoms with Crippen molar-refractivity contribution in [3.8, 4) is 28.2 Å². The highest BCUT2D eigenvalue weighted by molar-refractivity contribution is 7.99. The summed E-state index contributed by atoms with van der Waals surface area (Å²) in [7, 11) is 1.64. The summed E-state index contributed by atoms with van der Waals surface area (Å²) in [6.45, 7) is 0. The van der Waals surface area contributed by atoms with E-state index in [9.17, 15) is 0 Å². The second kappa shape index (κ2) is 7.61. The maximum absolute atomic E-state index is 9.09.